The molecule has 32 heavy (non-hydrogen) atoms. The third-order valence-corrected chi connectivity index (χ3v) is 6.02. The lowest BCUT2D eigenvalue weighted by atomic mass is 9.97. The van der Waals surface area contributed by atoms with Crippen molar-refractivity contribution in [2.24, 2.45) is 5.92 Å². The number of piperazine rings is 1. The Morgan fingerprint density at radius 1 is 1.22 bits per heavy atom. The molecule has 0 radical (unpaired) electrons. The number of rotatable bonds is 6. The van der Waals surface area contributed by atoms with Crippen LogP contribution in [0.3, 0.4) is 0 Å². The fraction of sp³-hybridized carbons (Fsp3) is 0.435. The maximum atomic E-state index is 13.3. The molecule has 3 atom stereocenters. The number of benzene rings is 1. The van der Waals surface area contributed by atoms with Gasteiger partial charge in [-0.05, 0) is 43.2 Å². The zero-order chi connectivity index (χ0) is 23.3. The lowest BCUT2D eigenvalue weighted by Gasteiger charge is -2.41. The second kappa shape index (κ2) is 10.5. The van der Waals surface area contributed by atoms with E-state index in [2.05, 4.69) is 10.6 Å². The van der Waals surface area contributed by atoms with Gasteiger partial charge < -0.3 is 24.9 Å². The van der Waals surface area contributed by atoms with Crippen LogP contribution in [0.1, 0.15) is 37.7 Å². The molecule has 1 aliphatic heterocycles. The molecule has 4 amide bonds. The maximum Gasteiger partial charge on any atom is 0.319 e. The van der Waals surface area contributed by atoms with Crippen LogP contribution in [0.2, 0.25) is 5.02 Å². The number of furan rings is 1. The standard InChI is InChI=1S/C23H29ClN4O4/c1-4-15(2)20(26-23(31)25-18-8-5-7-17(24)13-18)22(30)27-10-11-28(16(3)14-27)21(29)19-9-6-12-32-19/h5-9,12-13,15-16,20H,4,10-11,14H2,1-3H3,(H2,25,26,31). The highest BCUT2D eigenvalue weighted by molar-refractivity contribution is 6.30. The van der Waals surface area contributed by atoms with Crippen molar-refractivity contribution in [1.82, 2.24) is 15.1 Å². The van der Waals surface area contributed by atoms with E-state index in [0.717, 1.165) is 6.42 Å². The van der Waals surface area contributed by atoms with Gasteiger partial charge in [0.25, 0.3) is 5.91 Å². The summed E-state index contributed by atoms with van der Waals surface area (Å²) in [7, 11) is 0. The second-order valence-corrected chi connectivity index (χ2v) is 8.52. The quantitative estimate of drug-likeness (QED) is 0.684. The number of carbonyl (C=O) groups excluding carboxylic acids is 3. The van der Waals surface area contributed by atoms with E-state index in [4.69, 9.17) is 16.0 Å². The van der Waals surface area contributed by atoms with E-state index < -0.39 is 12.1 Å². The van der Waals surface area contributed by atoms with Gasteiger partial charge in [0.1, 0.15) is 6.04 Å². The fourth-order valence-corrected chi connectivity index (χ4v) is 3.95. The highest BCUT2D eigenvalue weighted by atomic mass is 35.5. The van der Waals surface area contributed by atoms with E-state index in [1.54, 1.807) is 46.2 Å². The van der Waals surface area contributed by atoms with Crippen molar-refractivity contribution in [3.63, 3.8) is 0 Å². The molecule has 2 heterocycles. The van der Waals surface area contributed by atoms with Crippen molar-refractivity contribution >= 4 is 35.1 Å². The van der Waals surface area contributed by atoms with Gasteiger partial charge in [-0.25, -0.2) is 4.79 Å². The monoisotopic (exact) mass is 460 g/mol. The first-order chi connectivity index (χ1) is 15.3. The van der Waals surface area contributed by atoms with Crippen molar-refractivity contribution in [3.8, 4) is 0 Å². The van der Waals surface area contributed by atoms with Crippen LogP contribution in [0.4, 0.5) is 10.5 Å². The summed E-state index contributed by atoms with van der Waals surface area (Å²) in [6.45, 7) is 6.98. The normalized spacial score (nSPS) is 18.1. The van der Waals surface area contributed by atoms with E-state index in [9.17, 15) is 14.4 Å². The molecule has 1 aromatic heterocycles. The lowest BCUT2D eigenvalue weighted by molar-refractivity contribution is -0.136. The Kier molecular flexibility index (Phi) is 7.80. The van der Waals surface area contributed by atoms with E-state index >= 15 is 0 Å². The smallest absolute Gasteiger partial charge is 0.319 e. The van der Waals surface area contributed by atoms with Crippen molar-refractivity contribution in [2.45, 2.75) is 39.3 Å². The molecule has 0 saturated carbocycles. The molecule has 0 aliphatic carbocycles. The summed E-state index contributed by atoms with van der Waals surface area (Å²) in [5, 5.41) is 6.06. The highest BCUT2D eigenvalue weighted by Gasteiger charge is 2.36. The molecule has 9 heteroatoms. The second-order valence-electron chi connectivity index (χ2n) is 8.08. The topological polar surface area (TPSA) is 94.9 Å². The minimum absolute atomic E-state index is 0.0642. The fourth-order valence-electron chi connectivity index (χ4n) is 3.76. The van der Waals surface area contributed by atoms with Gasteiger partial charge in [-0.3, -0.25) is 9.59 Å². The van der Waals surface area contributed by atoms with Crippen LogP contribution in [0.15, 0.2) is 47.1 Å². The molecule has 2 aromatic rings. The zero-order valence-electron chi connectivity index (χ0n) is 18.5. The van der Waals surface area contributed by atoms with Crippen LogP contribution in [-0.2, 0) is 4.79 Å². The molecule has 3 rings (SSSR count). The Morgan fingerprint density at radius 2 is 2.00 bits per heavy atom. The Bertz CT molecular complexity index is 949. The van der Waals surface area contributed by atoms with Crippen molar-refractivity contribution < 1.29 is 18.8 Å². The van der Waals surface area contributed by atoms with Gasteiger partial charge in [-0.1, -0.05) is 37.9 Å². The molecule has 3 unspecified atom stereocenters. The summed E-state index contributed by atoms with van der Waals surface area (Å²) in [5.74, 6) is -0.121. The first-order valence-electron chi connectivity index (χ1n) is 10.8. The van der Waals surface area contributed by atoms with Gasteiger partial charge in [-0.15, -0.1) is 0 Å². The highest BCUT2D eigenvalue weighted by Crippen LogP contribution is 2.19. The van der Waals surface area contributed by atoms with Crippen molar-refractivity contribution in [2.75, 3.05) is 25.0 Å². The number of carbonyl (C=O) groups is 3. The Morgan fingerprint density at radius 3 is 2.62 bits per heavy atom. The average molecular weight is 461 g/mol. The number of amides is 4. The Labute approximate surface area is 192 Å². The van der Waals surface area contributed by atoms with Crippen LogP contribution < -0.4 is 10.6 Å². The summed E-state index contributed by atoms with van der Waals surface area (Å²) in [5.41, 5.74) is 0.545. The van der Waals surface area contributed by atoms with Crippen LogP contribution in [0.25, 0.3) is 0 Å². The van der Waals surface area contributed by atoms with Crippen molar-refractivity contribution in [1.29, 1.82) is 0 Å². The van der Waals surface area contributed by atoms with Crippen LogP contribution in [-0.4, -0.2) is 59.4 Å². The van der Waals surface area contributed by atoms with Crippen molar-refractivity contribution in [3.05, 3.63) is 53.4 Å². The number of nitrogens with zero attached hydrogens (tertiary/aromatic N) is 2. The minimum Gasteiger partial charge on any atom is -0.459 e. The molecule has 172 valence electrons. The molecule has 1 aromatic carbocycles. The largest absolute Gasteiger partial charge is 0.459 e. The van der Waals surface area contributed by atoms with Crippen LogP contribution in [0, 0.1) is 5.92 Å². The molecule has 1 aliphatic rings. The zero-order valence-corrected chi connectivity index (χ0v) is 19.3. The van der Waals surface area contributed by atoms with Crippen LogP contribution >= 0.6 is 11.6 Å². The maximum absolute atomic E-state index is 13.3. The summed E-state index contributed by atoms with van der Waals surface area (Å²) in [6.07, 6.45) is 2.19. The molecule has 8 nitrogen and oxygen atoms in total. The third kappa shape index (κ3) is 5.62. The summed E-state index contributed by atoms with van der Waals surface area (Å²) in [6, 6.07) is 8.80. The molecular weight excluding hydrogens is 432 g/mol. The first kappa shape index (κ1) is 23.7. The van der Waals surface area contributed by atoms with E-state index in [-0.39, 0.29) is 29.5 Å². The Balaban J connectivity index is 1.64. The molecule has 1 saturated heterocycles. The first-order valence-corrected chi connectivity index (χ1v) is 11.1. The predicted octanol–water partition coefficient (Wildman–Crippen LogP) is 3.84. The average Bonchev–Trinajstić information content (AvgIpc) is 3.31. The van der Waals surface area contributed by atoms with Gasteiger partial charge in [0.2, 0.25) is 5.91 Å². The van der Waals surface area contributed by atoms with E-state index in [0.29, 0.717) is 30.3 Å². The molecule has 1 fully saturated rings. The van der Waals surface area contributed by atoms with Gasteiger partial charge in [0.15, 0.2) is 5.76 Å². The summed E-state index contributed by atoms with van der Waals surface area (Å²) < 4.78 is 5.22. The summed E-state index contributed by atoms with van der Waals surface area (Å²) >= 11 is 5.97. The molecule has 0 spiro atoms. The van der Waals surface area contributed by atoms with Gasteiger partial charge in [-0.2, -0.15) is 0 Å². The molecule has 0 bridgehead atoms. The van der Waals surface area contributed by atoms with Gasteiger partial charge in [0, 0.05) is 36.4 Å². The third-order valence-electron chi connectivity index (χ3n) is 5.78. The molecule has 2 N–H and O–H groups in total. The SMILES string of the molecule is CCC(C)C(NC(=O)Nc1cccc(Cl)c1)C(=O)N1CCN(C(=O)c2ccco2)C(C)C1. The van der Waals surface area contributed by atoms with Gasteiger partial charge in [0.05, 0.1) is 6.26 Å². The number of hydrogen-bond donors (Lipinski definition) is 2. The Hall–Kier alpha value is -3.00. The minimum atomic E-state index is -0.682. The summed E-state index contributed by atoms with van der Waals surface area (Å²) in [4.78, 5) is 42.0. The molecular formula is C23H29ClN4O4. The predicted molar refractivity (Wildman–Crippen MR) is 123 cm³/mol. The number of nitrogens with one attached hydrogen (secondary N) is 2. The number of hydrogen-bond acceptors (Lipinski definition) is 4. The number of urea groups is 1. The number of anilines is 1. The lowest BCUT2D eigenvalue weighted by Crippen LogP contribution is -2.60. The van der Waals surface area contributed by atoms with E-state index in [1.165, 1.54) is 6.26 Å². The van der Waals surface area contributed by atoms with Gasteiger partial charge >= 0.3 is 6.03 Å². The van der Waals surface area contributed by atoms with E-state index in [1.807, 2.05) is 20.8 Å². The number of halogens is 1. The van der Waals surface area contributed by atoms with Crippen LogP contribution in [0.5, 0.6) is 0 Å².